The van der Waals surface area contributed by atoms with Crippen LogP contribution in [0.25, 0.3) is 6.08 Å². The van der Waals surface area contributed by atoms with Crippen LogP contribution in [0.3, 0.4) is 0 Å². The topological polar surface area (TPSA) is 38.3 Å². The average molecular weight is 217 g/mol. The maximum Gasteiger partial charge on any atom is 0.150 e. The van der Waals surface area contributed by atoms with Gasteiger partial charge in [-0.25, -0.2) is 0 Å². The molecule has 1 rings (SSSR count). The monoisotopic (exact) mass is 217 g/mol. The van der Waals surface area contributed by atoms with Crippen molar-refractivity contribution in [1.82, 2.24) is 5.32 Å². The lowest BCUT2D eigenvalue weighted by Crippen LogP contribution is -1.96. The molecule has 0 aliphatic heterocycles. The van der Waals surface area contributed by atoms with Gasteiger partial charge in [-0.05, 0) is 11.6 Å². The molecule has 0 aliphatic rings. The van der Waals surface area contributed by atoms with Crippen LogP contribution in [0.2, 0.25) is 0 Å². The highest BCUT2D eigenvalue weighted by Crippen LogP contribution is 2.07. The van der Waals surface area contributed by atoms with E-state index in [2.05, 4.69) is 5.32 Å². The van der Waals surface area contributed by atoms with Crippen LogP contribution in [-0.4, -0.2) is 20.4 Å². The van der Waals surface area contributed by atoms with E-state index in [0.29, 0.717) is 5.56 Å². The molecular weight excluding hydrogens is 202 g/mol. The fourth-order valence-corrected chi connectivity index (χ4v) is 1.18. The molecule has 0 spiro atoms. The molecule has 84 valence electrons. The summed E-state index contributed by atoms with van der Waals surface area (Å²) in [5.74, 6) is 0.738. The number of carbonyl (C=O) groups excluding carboxylic acids is 1. The van der Waals surface area contributed by atoms with Crippen LogP contribution >= 0.6 is 0 Å². The van der Waals surface area contributed by atoms with Crippen molar-refractivity contribution in [3.8, 4) is 0 Å². The van der Waals surface area contributed by atoms with E-state index in [-0.39, 0.29) is 0 Å². The number of allylic oxidation sites excluding steroid dienone is 1. The smallest absolute Gasteiger partial charge is 0.150 e. The third kappa shape index (κ3) is 3.61. The second-order valence-corrected chi connectivity index (χ2v) is 3.16. The first kappa shape index (κ1) is 12.0. The van der Waals surface area contributed by atoms with Gasteiger partial charge < -0.3 is 10.1 Å². The Bertz CT molecular complexity index is 391. The van der Waals surface area contributed by atoms with E-state index in [1.54, 1.807) is 25.4 Å². The molecule has 0 saturated heterocycles. The van der Waals surface area contributed by atoms with Gasteiger partial charge in [0.25, 0.3) is 0 Å². The van der Waals surface area contributed by atoms with Crippen LogP contribution in [0.1, 0.15) is 15.9 Å². The van der Waals surface area contributed by atoms with E-state index >= 15 is 0 Å². The fourth-order valence-electron chi connectivity index (χ4n) is 1.18. The van der Waals surface area contributed by atoms with E-state index in [4.69, 9.17) is 4.74 Å². The van der Waals surface area contributed by atoms with Gasteiger partial charge in [0.15, 0.2) is 0 Å². The minimum absolute atomic E-state index is 0.676. The van der Waals surface area contributed by atoms with Gasteiger partial charge in [0, 0.05) is 18.8 Å². The van der Waals surface area contributed by atoms with E-state index in [9.17, 15) is 4.79 Å². The summed E-state index contributed by atoms with van der Waals surface area (Å²) < 4.78 is 5.11. The number of carbonyl (C=O) groups is 1. The Labute approximate surface area is 95.4 Å². The number of nitrogens with one attached hydrogen (secondary N) is 1. The van der Waals surface area contributed by atoms with Gasteiger partial charge >= 0.3 is 0 Å². The average Bonchev–Trinajstić information content (AvgIpc) is 2.35. The van der Waals surface area contributed by atoms with Crippen LogP contribution in [0.4, 0.5) is 0 Å². The Morgan fingerprint density at radius 1 is 1.25 bits per heavy atom. The number of rotatable bonds is 5. The summed E-state index contributed by atoms with van der Waals surface area (Å²) in [6.45, 7) is 0. The summed E-state index contributed by atoms with van der Waals surface area (Å²) in [7, 11) is 3.43. The van der Waals surface area contributed by atoms with Crippen molar-refractivity contribution in [2.24, 2.45) is 0 Å². The van der Waals surface area contributed by atoms with Crippen LogP contribution in [0, 0.1) is 0 Å². The van der Waals surface area contributed by atoms with Gasteiger partial charge in [-0.2, -0.15) is 0 Å². The van der Waals surface area contributed by atoms with E-state index < -0.39 is 0 Å². The second-order valence-electron chi connectivity index (χ2n) is 3.16. The van der Waals surface area contributed by atoms with Crippen molar-refractivity contribution in [1.29, 1.82) is 0 Å². The third-order valence-corrected chi connectivity index (χ3v) is 2.03. The number of benzene rings is 1. The summed E-state index contributed by atoms with van der Waals surface area (Å²) in [6.07, 6.45) is 6.36. The highest BCUT2D eigenvalue weighted by molar-refractivity contribution is 5.75. The first-order valence-corrected chi connectivity index (χ1v) is 4.95. The molecule has 0 heterocycles. The van der Waals surface area contributed by atoms with Gasteiger partial charge in [-0.15, -0.1) is 0 Å². The zero-order valence-electron chi connectivity index (χ0n) is 9.44. The summed E-state index contributed by atoms with van der Waals surface area (Å²) in [5.41, 5.74) is 1.69. The summed E-state index contributed by atoms with van der Waals surface area (Å²) in [5, 5.41) is 2.89. The Kier molecular flexibility index (Phi) is 4.86. The Hall–Kier alpha value is -2.03. The molecule has 1 aromatic carbocycles. The van der Waals surface area contributed by atoms with Gasteiger partial charge in [0.05, 0.1) is 7.11 Å². The van der Waals surface area contributed by atoms with Crippen LogP contribution in [0.5, 0.6) is 0 Å². The zero-order chi connectivity index (χ0) is 11.8. The lowest BCUT2D eigenvalue weighted by Gasteiger charge is -2.00. The first-order valence-electron chi connectivity index (χ1n) is 4.95. The minimum Gasteiger partial charge on any atom is -0.495 e. The van der Waals surface area contributed by atoms with Crippen molar-refractivity contribution in [3.63, 3.8) is 0 Å². The summed E-state index contributed by atoms with van der Waals surface area (Å²) in [4.78, 5) is 10.5. The Balaban J connectivity index is 2.75. The number of hydrogen-bond donors (Lipinski definition) is 1. The summed E-state index contributed by atoms with van der Waals surface area (Å²) in [6, 6.07) is 7.32. The molecule has 0 radical (unpaired) electrons. The van der Waals surface area contributed by atoms with Crippen molar-refractivity contribution in [2.45, 2.75) is 0 Å². The highest BCUT2D eigenvalue weighted by Gasteiger charge is 1.91. The number of aldehydes is 1. The van der Waals surface area contributed by atoms with E-state index in [0.717, 1.165) is 17.6 Å². The summed E-state index contributed by atoms with van der Waals surface area (Å²) >= 11 is 0. The highest BCUT2D eigenvalue weighted by atomic mass is 16.5. The molecule has 0 amide bonds. The van der Waals surface area contributed by atoms with Crippen molar-refractivity contribution >= 4 is 12.4 Å². The first-order chi connectivity index (χ1) is 7.80. The van der Waals surface area contributed by atoms with Gasteiger partial charge in [-0.3, -0.25) is 4.79 Å². The molecule has 3 heteroatoms. The molecule has 3 nitrogen and oxygen atoms in total. The molecule has 1 aromatic rings. The van der Waals surface area contributed by atoms with Crippen molar-refractivity contribution in [2.75, 3.05) is 14.2 Å². The Morgan fingerprint density at radius 2 is 1.88 bits per heavy atom. The van der Waals surface area contributed by atoms with Crippen molar-refractivity contribution in [3.05, 3.63) is 53.4 Å². The minimum atomic E-state index is 0.676. The fraction of sp³-hybridized carbons (Fsp3) is 0.154. The molecule has 0 fully saturated rings. The number of methoxy groups -OCH3 is 1. The zero-order valence-corrected chi connectivity index (χ0v) is 9.44. The maximum atomic E-state index is 10.5. The molecule has 0 atom stereocenters. The SMILES string of the molecule is CN/C=C(/C=C/c1ccc(C=O)cc1)OC. The molecule has 0 aromatic heterocycles. The lowest BCUT2D eigenvalue weighted by atomic mass is 10.1. The molecule has 0 bridgehead atoms. The lowest BCUT2D eigenvalue weighted by molar-refractivity contribution is 0.112. The van der Waals surface area contributed by atoms with Gasteiger partial charge in [-0.1, -0.05) is 30.3 Å². The van der Waals surface area contributed by atoms with Crippen LogP contribution in [0.15, 0.2) is 42.3 Å². The predicted molar refractivity (Wildman–Crippen MR) is 65.0 cm³/mol. The predicted octanol–water partition coefficient (Wildman–Crippen LogP) is 2.22. The largest absolute Gasteiger partial charge is 0.495 e. The quantitative estimate of drug-likeness (QED) is 0.467. The Morgan fingerprint density at radius 3 is 2.38 bits per heavy atom. The van der Waals surface area contributed by atoms with Crippen LogP contribution < -0.4 is 5.32 Å². The third-order valence-electron chi connectivity index (χ3n) is 2.03. The molecule has 0 saturated carbocycles. The molecular formula is C13H15NO2. The normalized spacial score (nSPS) is 11.5. The van der Waals surface area contributed by atoms with E-state index in [1.165, 1.54) is 0 Å². The number of hydrogen-bond acceptors (Lipinski definition) is 3. The van der Waals surface area contributed by atoms with Gasteiger partial charge in [0.1, 0.15) is 12.0 Å². The molecule has 0 aliphatic carbocycles. The molecule has 0 unspecified atom stereocenters. The second kappa shape index (κ2) is 6.45. The van der Waals surface area contributed by atoms with Crippen molar-refractivity contribution < 1.29 is 9.53 Å². The molecule has 1 N–H and O–H groups in total. The number of ether oxygens (including phenoxy) is 1. The standard InChI is InChI=1S/C13H15NO2/c1-14-9-13(16-2)8-7-11-3-5-12(10-15)6-4-11/h3-10,14H,1-2H3/b8-7+,13-9-. The van der Waals surface area contributed by atoms with Crippen LogP contribution in [-0.2, 0) is 4.74 Å². The maximum absolute atomic E-state index is 10.5. The van der Waals surface area contributed by atoms with Gasteiger partial charge in [0.2, 0.25) is 0 Å². The van der Waals surface area contributed by atoms with E-state index in [1.807, 2.05) is 31.3 Å². The molecule has 16 heavy (non-hydrogen) atoms.